The third-order valence-corrected chi connectivity index (χ3v) is 5.32. The van der Waals surface area contributed by atoms with Gasteiger partial charge in [0.15, 0.2) is 11.5 Å². The second kappa shape index (κ2) is 8.44. The number of carbonyl (C=O) groups excluding carboxylic acids is 2. The van der Waals surface area contributed by atoms with E-state index in [4.69, 9.17) is 10.7 Å². The molecule has 8 heteroatoms. The normalized spacial score (nSPS) is 16.4. The lowest BCUT2D eigenvalue weighted by Crippen LogP contribution is -2.44. The first kappa shape index (κ1) is 19.8. The van der Waals surface area contributed by atoms with Crippen LogP contribution in [0.25, 0.3) is 22.4 Å². The van der Waals surface area contributed by atoms with Gasteiger partial charge in [0.2, 0.25) is 11.8 Å². The van der Waals surface area contributed by atoms with Crippen LogP contribution in [0, 0.1) is 0 Å². The van der Waals surface area contributed by atoms with Crippen LogP contribution >= 0.6 is 0 Å². The molecule has 0 bridgehead atoms. The number of hydrogen-bond donors (Lipinski definition) is 2. The maximum atomic E-state index is 12.4. The third-order valence-electron chi connectivity index (χ3n) is 5.32. The monoisotopic (exact) mass is 404 g/mol. The second-order valence-electron chi connectivity index (χ2n) is 7.49. The summed E-state index contributed by atoms with van der Waals surface area (Å²) in [6, 6.07) is 13.5. The van der Waals surface area contributed by atoms with E-state index in [2.05, 4.69) is 15.3 Å². The number of hydrogen-bond acceptors (Lipinski definition) is 6. The van der Waals surface area contributed by atoms with Crippen molar-refractivity contribution in [2.24, 2.45) is 0 Å². The second-order valence-corrected chi connectivity index (χ2v) is 7.49. The van der Waals surface area contributed by atoms with Gasteiger partial charge in [-0.1, -0.05) is 30.3 Å². The van der Waals surface area contributed by atoms with E-state index in [9.17, 15) is 9.59 Å². The molecule has 1 aliphatic heterocycles. The first-order valence-corrected chi connectivity index (χ1v) is 10.0. The molecule has 1 saturated heterocycles. The summed E-state index contributed by atoms with van der Waals surface area (Å²) in [7, 11) is 0. The Balaban J connectivity index is 1.59. The smallest absolute Gasteiger partial charge is 0.241 e. The molecule has 0 radical (unpaired) electrons. The van der Waals surface area contributed by atoms with Crippen LogP contribution in [0.5, 0.6) is 0 Å². The van der Waals surface area contributed by atoms with E-state index in [0.717, 1.165) is 24.1 Å². The molecule has 2 amide bonds. The number of nitrogens with one attached hydrogen (secondary N) is 1. The van der Waals surface area contributed by atoms with Gasteiger partial charge in [-0.15, -0.1) is 0 Å². The van der Waals surface area contributed by atoms with Gasteiger partial charge in [0.25, 0.3) is 0 Å². The molecular weight excluding hydrogens is 380 g/mol. The number of nitrogens with zero attached hydrogens (tertiary/aromatic N) is 4. The maximum Gasteiger partial charge on any atom is 0.241 e. The molecule has 30 heavy (non-hydrogen) atoms. The number of nitrogen functional groups attached to an aromatic ring is 1. The zero-order valence-corrected chi connectivity index (χ0v) is 16.8. The Morgan fingerprint density at radius 1 is 1.13 bits per heavy atom. The molecule has 154 valence electrons. The summed E-state index contributed by atoms with van der Waals surface area (Å²) in [5.74, 6) is 0.767. The van der Waals surface area contributed by atoms with Crippen LogP contribution in [0.2, 0.25) is 0 Å². The number of amides is 2. The van der Waals surface area contributed by atoms with Gasteiger partial charge in [-0.25, -0.2) is 15.0 Å². The fraction of sp³-hybridized carbons (Fsp3) is 0.318. The van der Waals surface area contributed by atoms with Gasteiger partial charge in [-0.05, 0) is 25.0 Å². The van der Waals surface area contributed by atoms with Crippen LogP contribution in [-0.4, -0.2) is 51.3 Å². The largest absolute Gasteiger partial charge is 0.383 e. The summed E-state index contributed by atoms with van der Waals surface area (Å²) < 4.78 is 0. The minimum absolute atomic E-state index is 0.0252. The van der Waals surface area contributed by atoms with Crippen LogP contribution in [0.1, 0.15) is 31.4 Å². The molecule has 3 N–H and O–H groups in total. The Bertz CT molecular complexity index is 1090. The first-order valence-electron chi connectivity index (χ1n) is 10.0. The molecule has 1 atom stereocenters. The standard InChI is InChI=1S/C22H24N6O2/c1-14(29)24-12-19(30)28-11-5-8-16(13-28)18-10-9-17-20(23)26-21(27-22(17)25-18)15-6-3-2-4-7-15/h2-4,6-7,9-10,16H,5,8,11-13H2,1H3,(H,24,29)(H2,23,25,26,27)/t16-/m1/s1. The Morgan fingerprint density at radius 2 is 1.93 bits per heavy atom. The summed E-state index contributed by atoms with van der Waals surface area (Å²) in [5.41, 5.74) is 8.49. The van der Waals surface area contributed by atoms with Crippen molar-refractivity contribution in [3.63, 3.8) is 0 Å². The van der Waals surface area contributed by atoms with Crippen molar-refractivity contribution >= 4 is 28.7 Å². The van der Waals surface area contributed by atoms with Crippen LogP contribution in [0.4, 0.5) is 5.82 Å². The first-order chi connectivity index (χ1) is 14.5. The molecule has 0 saturated carbocycles. The number of benzene rings is 1. The summed E-state index contributed by atoms with van der Waals surface area (Å²) in [6.07, 6.45) is 1.83. The van der Waals surface area contributed by atoms with Crippen molar-refractivity contribution in [2.75, 3.05) is 25.4 Å². The van der Waals surface area contributed by atoms with Gasteiger partial charge >= 0.3 is 0 Å². The van der Waals surface area contributed by atoms with Crippen molar-refractivity contribution in [2.45, 2.75) is 25.7 Å². The van der Waals surface area contributed by atoms with E-state index in [1.165, 1.54) is 6.92 Å². The zero-order valence-electron chi connectivity index (χ0n) is 16.8. The molecule has 0 spiro atoms. The van der Waals surface area contributed by atoms with Gasteiger partial charge in [0.05, 0.1) is 11.9 Å². The minimum atomic E-state index is -0.209. The van der Waals surface area contributed by atoms with Gasteiger partial charge in [0.1, 0.15) is 5.82 Å². The molecule has 1 aromatic carbocycles. The summed E-state index contributed by atoms with van der Waals surface area (Å²) >= 11 is 0. The zero-order chi connectivity index (χ0) is 21.1. The molecule has 1 fully saturated rings. The number of carbonyl (C=O) groups is 2. The maximum absolute atomic E-state index is 12.4. The number of rotatable bonds is 4. The van der Waals surface area contributed by atoms with Gasteiger partial charge < -0.3 is 16.0 Å². The lowest BCUT2D eigenvalue weighted by atomic mass is 9.94. The number of aromatic nitrogens is 3. The van der Waals surface area contributed by atoms with Crippen molar-refractivity contribution in [1.29, 1.82) is 0 Å². The van der Waals surface area contributed by atoms with Crippen LogP contribution < -0.4 is 11.1 Å². The van der Waals surface area contributed by atoms with E-state index < -0.39 is 0 Å². The highest BCUT2D eigenvalue weighted by molar-refractivity contribution is 5.87. The van der Waals surface area contributed by atoms with Crippen molar-refractivity contribution < 1.29 is 9.59 Å². The fourth-order valence-electron chi connectivity index (χ4n) is 3.75. The Morgan fingerprint density at radius 3 is 2.70 bits per heavy atom. The van der Waals surface area contributed by atoms with E-state index in [0.29, 0.717) is 35.8 Å². The molecule has 2 aromatic heterocycles. The number of piperidine rings is 1. The van der Waals surface area contributed by atoms with E-state index in [1.54, 1.807) is 4.90 Å². The van der Waals surface area contributed by atoms with Crippen LogP contribution in [-0.2, 0) is 9.59 Å². The van der Waals surface area contributed by atoms with E-state index in [-0.39, 0.29) is 24.3 Å². The number of pyridine rings is 1. The molecule has 4 rings (SSSR count). The average molecular weight is 404 g/mol. The third kappa shape index (κ3) is 4.22. The van der Waals surface area contributed by atoms with Gasteiger partial charge in [0, 0.05) is 37.2 Å². The fourth-order valence-corrected chi connectivity index (χ4v) is 3.75. The van der Waals surface area contributed by atoms with E-state index >= 15 is 0 Å². The SMILES string of the molecule is CC(=O)NCC(=O)N1CCC[C@@H](c2ccc3c(N)nc(-c4ccccc4)nc3n2)C1. The molecule has 3 aromatic rings. The minimum Gasteiger partial charge on any atom is -0.383 e. The number of likely N-dealkylation sites (tertiary alicyclic amines) is 1. The van der Waals surface area contributed by atoms with Crippen LogP contribution in [0.3, 0.4) is 0 Å². The summed E-state index contributed by atoms with van der Waals surface area (Å²) in [4.78, 5) is 39.1. The topological polar surface area (TPSA) is 114 Å². The van der Waals surface area contributed by atoms with Crippen molar-refractivity contribution in [3.8, 4) is 11.4 Å². The highest BCUT2D eigenvalue weighted by Crippen LogP contribution is 2.28. The predicted molar refractivity (Wildman–Crippen MR) is 114 cm³/mol. The molecule has 3 heterocycles. The van der Waals surface area contributed by atoms with Gasteiger partial charge in [-0.2, -0.15) is 0 Å². The van der Waals surface area contributed by atoms with Gasteiger partial charge in [-0.3, -0.25) is 9.59 Å². The quantitative estimate of drug-likeness (QED) is 0.688. The molecule has 1 aliphatic rings. The summed E-state index contributed by atoms with van der Waals surface area (Å²) in [6.45, 7) is 2.69. The number of anilines is 1. The highest BCUT2D eigenvalue weighted by Gasteiger charge is 2.26. The lowest BCUT2D eigenvalue weighted by Gasteiger charge is -2.32. The molecule has 0 aliphatic carbocycles. The molecule has 0 unspecified atom stereocenters. The van der Waals surface area contributed by atoms with Crippen LogP contribution in [0.15, 0.2) is 42.5 Å². The number of fused-ring (bicyclic) bond motifs is 1. The molecule has 8 nitrogen and oxygen atoms in total. The summed E-state index contributed by atoms with van der Waals surface area (Å²) in [5, 5.41) is 3.29. The Hall–Kier alpha value is -3.55. The number of nitrogens with two attached hydrogens (primary N) is 1. The Kier molecular flexibility index (Phi) is 5.56. The van der Waals surface area contributed by atoms with E-state index in [1.807, 2.05) is 42.5 Å². The predicted octanol–water partition coefficient (Wildman–Crippen LogP) is 2.12. The lowest BCUT2D eigenvalue weighted by molar-refractivity contribution is -0.133. The average Bonchev–Trinajstić information content (AvgIpc) is 2.77. The van der Waals surface area contributed by atoms with Crippen molar-refractivity contribution in [1.82, 2.24) is 25.2 Å². The Labute approximate surface area is 174 Å². The molecular formula is C22H24N6O2. The highest BCUT2D eigenvalue weighted by atomic mass is 16.2. The van der Waals surface area contributed by atoms with Crippen molar-refractivity contribution in [3.05, 3.63) is 48.2 Å².